The van der Waals surface area contributed by atoms with Gasteiger partial charge in [-0.25, -0.2) is 13.1 Å². The molecule has 0 radical (unpaired) electrons. The standard InChI is InChI=1S/C16H17N3O3S/c1-3-18-23(21,22)14-7-13(9-17-10-14)11-4-5-15-12(6-11)8-16(20)19(15)2/h4-7,9-10,18H,3,8H2,1-2H3. The monoisotopic (exact) mass is 331 g/mol. The number of hydrogen-bond acceptors (Lipinski definition) is 4. The van der Waals surface area contributed by atoms with Crippen LogP contribution in [0.4, 0.5) is 5.69 Å². The first-order valence-corrected chi connectivity index (χ1v) is 8.75. The predicted octanol–water partition coefficient (Wildman–Crippen LogP) is 1.57. The van der Waals surface area contributed by atoms with Crippen molar-refractivity contribution in [2.45, 2.75) is 18.2 Å². The van der Waals surface area contributed by atoms with E-state index < -0.39 is 10.0 Å². The van der Waals surface area contributed by atoms with E-state index in [9.17, 15) is 13.2 Å². The van der Waals surface area contributed by atoms with Crippen molar-refractivity contribution in [3.05, 3.63) is 42.2 Å². The zero-order chi connectivity index (χ0) is 16.6. The van der Waals surface area contributed by atoms with E-state index in [1.807, 2.05) is 18.2 Å². The van der Waals surface area contributed by atoms with Crippen LogP contribution in [-0.4, -0.2) is 32.9 Å². The second-order valence-corrected chi connectivity index (χ2v) is 7.15. The molecule has 0 aliphatic carbocycles. The summed E-state index contributed by atoms with van der Waals surface area (Å²) in [7, 11) is -1.80. The van der Waals surface area contributed by atoms with Crippen LogP contribution in [0.3, 0.4) is 0 Å². The maximum absolute atomic E-state index is 12.1. The highest BCUT2D eigenvalue weighted by Crippen LogP contribution is 2.32. The first-order valence-electron chi connectivity index (χ1n) is 7.27. The van der Waals surface area contributed by atoms with Crippen LogP contribution in [0.25, 0.3) is 11.1 Å². The van der Waals surface area contributed by atoms with Gasteiger partial charge in [0.15, 0.2) is 0 Å². The molecule has 2 heterocycles. The number of nitrogens with zero attached hydrogens (tertiary/aromatic N) is 2. The van der Waals surface area contributed by atoms with Gasteiger partial charge in [-0.1, -0.05) is 13.0 Å². The SMILES string of the molecule is CCNS(=O)(=O)c1cncc(-c2ccc3c(c2)CC(=O)N3C)c1. The first-order chi connectivity index (χ1) is 10.9. The summed E-state index contributed by atoms with van der Waals surface area (Å²) in [5, 5.41) is 0. The molecule has 0 saturated carbocycles. The van der Waals surface area contributed by atoms with Crippen molar-refractivity contribution < 1.29 is 13.2 Å². The van der Waals surface area contributed by atoms with Gasteiger partial charge in [-0.15, -0.1) is 0 Å². The smallest absolute Gasteiger partial charge is 0.242 e. The van der Waals surface area contributed by atoms with Crippen LogP contribution >= 0.6 is 0 Å². The Hall–Kier alpha value is -2.25. The Morgan fingerprint density at radius 3 is 2.74 bits per heavy atom. The minimum absolute atomic E-state index is 0.0544. The zero-order valence-corrected chi connectivity index (χ0v) is 13.7. The molecule has 0 bridgehead atoms. The van der Waals surface area contributed by atoms with Crippen LogP contribution in [-0.2, 0) is 21.2 Å². The summed E-state index contributed by atoms with van der Waals surface area (Å²) in [4.78, 5) is 17.6. The summed E-state index contributed by atoms with van der Waals surface area (Å²) in [6, 6.07) is 7.25. The molecular weight excluding hydrogens is 314 g/mol. The van der Waals surface area contributed by atoms with Gasteiger partial charge in [0.25, 0.3) is 0 Å². The fourth-order valence-electron chi connectivity index (χ4n) is 2.65. The molecule has 120 valence electrons. The Balaban J connectivity index is 2.01. The van der Waals surface area contributed by atoms with E-state index in [0.29, 0.717) is 18.5 Å². The lowest BCUT2D eigenvalue weighted by Gasteiger charge is -2.11. The van der Waals surface area contributed by atoms with E-state index in [4.69, 9.17) is 0 Å². The van der Waals surface area contributed by atoms with E-state index in [1.54, 1.807) is 31.1 Å². The minimum Gasteiger partial charge on any atom is -0.315 e. The van der Waals surface area contributed by atoms with Gasteiger partial charge in [0.1, 0.15) is 4.90 Å². The van der Waals surface area contributed by atoms with E-state index >= 15 is 0 Å². The van der Waals surface area contributed by atoms with E-state index in [-0.39, 0.29) is 10.8 Å². The Labute approximate surface area is 135 Å². The van der Waals surface area contributed by atoms with Crippen molar-refractivity contribution >= 4 is 21.6 Å². The Morgan fingerprint density at radius 2 is 2.00 bits per heavy atom. The number of pyridine rings is 1. The Morgan fingerprint density at radius 1 is 1.22 bits per heavy atom. The van der Waals surface area contributed by atoms with Gasteiger partial charge in [-0.3, -0.25) is 9.78 Å². The number of hydrogen-bond donors (Lipinski definition) is 1. The molecule has 3 rings (SSSR count). The molecule has 0 spiro atoms. The number of carbonyl (C=O) groups excluding carboxylic acids is 1. The molecule has 1 aromatic heterocycles. The third-order valence-corrected chi connectivity index (χ3v) is 5.36. The number of fused-ring (bicyclic) bond motifs is 1. The van der Waals surface area contributed by atoms with Crippen molar-refractivity contribution in [2.24, 2.45) is 0 Å². The molecule has 0 fully saturated rings. The lowest BCUT2D eigenvalue weighted by Crippen LogP contribution is -2.23. The highest BCUT2D eigenvalue weighted by atomic mass is 32.2. The van der Waals surface area contributed by atoms with Crippen LogP contribution in [0.15, 0.2) is 41.6 Å². The normalized spacial score (nSPS) is 14.2. The molecule has 7 heteroatoms. The van der Waals surface area contributed by atoms with Gasteiger partial charge in [0.05, 0.1) is 6.42 Å². The molecule has 1 aliphatic rings. The van der Waals surface area contributed by atoms with Gasteiger partial charge in [-0.05, 0) is 29.3 Å². The summed E-state index contributed by atoms with van der Waals surface area (Å²) in [5.74, 6) is 0.0544. The summed E-state index contributed by atoms with van der Waals surface area (Å²) in [6.45, 7) is 2.04. The number of rotatable bonds is 4. The van der Waals surface area contributed by atoms with Gasteiger partial charge in [0.2, 0.25) is 15.9 Å². The van der Waals surface area contributed by atoms with Gasteiger partial charge < -0.3 is 4.90 Å². The molecule has 6 nitrogen and oxygen atoms in total. The highest BCUT2D eigenvalue weighted by Gasteiger charge is 2.24. The quantitative estimate of drug-likeness (QED) is 0.922. The fourth-order valence-corrected chi connectivity index (χ4v) is 3.68. The number of aromatic nitrogens is 1. The second-order valence-electron chi connectivity index (χ2n) is 5.38. The van der Waals surface area contributed by atoms with Crippen molar-refractivity contribution in [3.63, 3.8) is 0 Å². The summed E-state index contributed by atoms with van der Waals surface area (Å²) < 4.78 is 26.6. The topological polar surface area (TPSA) is 79.4 Å². The molecule has 0 atom stereocenters. The number of benzene rings is 1. The predicted molar refractivity (Wildman–Crippen MR) is 87.6 cm³/mol. The average molecular weight is 331 g/mol. The lowest BCUT2D eigenvalue weighted by atomic mass is 10.0. The minimum atomic E-state index is -3.54. The first kappa shape index (κ1) is 15.6. The van der Waals surface area contributed by atoms with Crippen LogP contribution in [0.5, 0.6) is 0 Å². The second kappa shape index (κ2) is 5.75. The third kappa shape index (κ3) is 2.85. The van der Waals surface area contributed by atoms with E-state index in [1.165, 1.54) is 6.20 Å². The van der Waals surface area contributed by atoms with Crippen molar-refractivity contribution in [2.75, 3.05) is 18.5 Å². The van der Waals surface area contributed by atoms with Crippen LogP contribution in [0.1, 0.15) is 12.5 Å². The number of anilines is 1. The van der Waals surface area contributed by atoms with Gasteiger partial charge in [-0.2, -0.15) is 0 Å². The maximum atomic E-state index is 12.1. The van der Waals surface area contributed by atoms with E-state index in [0.717, 1.165) is 16.8 Å². The molecule has 1 aliphatic heterocycles. The molecule has 2 aromatic rings. The fraction of sp³-hybridized carbons (Fsp3) is 0.250. The average Bonchev–Trinajstić information content (AvgIpc) is 2.82. The van der Waals surface area contributed by atoms with Gasteiger partial charge >= 0.3 is 0 Å². The molecule has 1 amide bonds. The van der Waals surface area contributed by atoms with Crippen molar-refractivity contribution in [3.8, 4) is 11.1 Å². The van der Waals surface area contributed by atoms with Crippen LogP contribution < -0.4 is 9.62 Å². The molecule has 0 unspecified atom stereocenters. The van der Waals surface area contributed by atoms with Gasteiger partial charge in [0, 0.05) is 37.2 Å². The van der Waals surface area contributed by atoms with Crippen molar-refractivity contribution in [1.82, 2.24) is 9.71 Å². The Bertz CT molecular complexity index is 878. The Kier molecular flexibility index (Phi) is 3.91. The molecule has 1 aromatic carbocycles. The molecule has 1 N–H and O–H groups in total. The number of amides is 1. The number of carbonyl (C=O) groups is 1. The van der Waals surface area contributed by atoms with Crippen molar-refractivity contribution in [1.29, 1.82) is 0 Å². The number of likely N-dealkylation sites (N-methyl/N-ethyl adjacent to an activating group) is 1. The molecular formula is C16H17N3O3S. The molecule has 0 saturated heterocycles. The third-order valence-electron chi connectivity index (χ3n) is 3.85. The lowest BCUT2D eigenvalue weighted by molar-refractivity contribution is -0.117. The summed E-state index contributed by atoms with van der Waals surface area (Å²) in [5.41, 5.74) is 3.37. The number of nitrogens with one attached hydrogen (secondary N) is 1. The zero-order valence-electron chi connectivity index (χ0n) is 12.9. The van der Waals surface area contributed by atoms with E-state index in [2.05, 4.69) is 9.71 Å². The number of sulfonamides is 1. The van der Waals surface area contributed by atoms with Crippen LogP contribution in [0, 0.1) is 0 Å². The van der Waals surface area contributed by atoms with Crippen LogP contribution in [0.2, 0.25) is 0 Å². The summed E-state index contributed by atoms with van der Waals surface area (Å²) in [6.07, 6.45) is 3.31. The highest BCUT2D eigenvalue weighted by molar-refractivity contribution is 7.89. The summed E-state index contributed by atoms with van der Waals surface area (Å²) >= 11 is 0. The molecule has 23 heavy (non-hydrogen) atoms. The maximum Gasteiger partial charge on any atom is 0.242 e. The largest absolute Gasteiger partial charge is 0.315 e.